The summed E-state index contributed by atoms with van der Waals surface area (Å²) < 4.78 is 29.1. The molecule has 0 radical (unpaired) electrons. The average molecular weight is 414 g/mol. The van der Waals surface area contributed by atoms with E-state index >= 15 is 0 Å². The highest BCUT2D eigenvalue weighted by Gasteiger charge is 2.18. The van der Waals surface area contributed by atoms with E-state index in [9.17, 15) is 13.6 Å². The first kappa shape index (κ1) is 18.9. The number of halogens is 2. The molecule has 0 aliphatic rings. The van der Waals surface area contributed by atoms with Crippen LogP contribution in [0, 0.1) is 11.6 Å². The van der Waals surface area contributed by atoms with Gasteiger partial charge in [0.1, 0.15) is 17.3 Å². The van der Waals surface area contributed by atoms with Crippen LogP contribution in [0.2, 0.25) is 0 Å². The third-order valence-corrected chi connectivity index (χ3v) is 5.19. The lowest BCUT2D eigenvalue weighted by Gasteiger charge is -2.18. The Labute approximate surface area is 168 Å². The molecule has 4 rings (SSSR count). The predicted molar refractivity (Wildman–Crippen MR) is 107 cm³/mol. The van der Waals surface area contributed by atoms with Gasteiger partial charge in [-0.1, -0.05) is 17.4 Å². The maximum atomic E-state index is 13.7. The van der Waals surface area contributed by atoms with Crippen LogP contribution in [0.5, 0.6) is 0 Å². The summed E-state index contributed by atoms with van der Waals surface area (Å²) in [5, 5.41) is 7.34. The highest BCUT2D eigenvalue weighted by atomic mass is 32.1. The first-order chi connectivity index (χ1) is 14.0. The largest absolute Gasteiger partial charge is 0.338 e. The number of benzene rings is 1. The minimum absolute atomic E-state index is 0.101. The molecule has 7 nitrogen and oxygen atoms in total. The van der Waals surface area contributed by atoms with Gasteiger partial charge in [-0.05, 0) is 31.2 Å². The highest BCUT2D eigenvalue weighted by molar-refractivity contribution is 7.20. The van der Waals surface area contributed by atoms with Crippen molar-refractivity contribution in [1.29, 1.82) is 0 Å². The number of para-hydroxylation sites is 1. The summed E-state index contributed by atoms with van der Waals surface area (Å²) in [6.07, 6.45) is 5.20. The van der Waals surface area contributed by atoms with E-state index in [1.807, 2.05) is 19.1 Å². The average Bonchev–Trinajstić information content (AvgIpc) is 3.29. The second-order valence-electron chi connectivity index (χ2n) is 6.14. The molecule has 0 spiro atoms. The molecule has 0 aliphatic carbocycles. The summed E-state index contributed by atoms with van der Waals surface area (Å²) >= 11 is 1.32. The van der Waals surface area contributed by atoms with Gasteiger partial charge in [0.15, 0.2) is 0 Å². The zero-order valence-corrected chi connectivity index (χ0v) is 16.2. The number of imidazole rings is 1. The number of hydrogen-bond acceptors (Lipinski definition) is 6. The Kier molecular flexibility index (Phi) is 5.17. The van der Waals surface area contributed by atoms with Crippen LogP contribution in [0.25, 0.3) is 16.2 Å². The molecule has 0 aliphatic heterocycles. The molecule has 0 saturated carbocycles. The van der Waals surface area contributed by atoms with Crippen molar-refractivity contribution in [2.45, 2.75) is 6.92 Å². The lowest BCUT2D eigenvalue weighted by atomic mass is 10.2. The van der Waals surface area contributed by atoms with E-state index in [0.29, 0.717) is 16.6 Å². The van der Waals surface area contributed by atoms with Crippen LogP contribution in [0.15, 0.2) is 48.9 Å². The SMILES string of the molecule is CCN(CC(=O)Nc1c(F)cccc1F)c1nn2cc(-c3cccnc3)nc2s1. The van der Waals surface area contributed by atoms with Crippen molar-refractivity contribution in [3.63, 3.8) is 0 Å². The first-order valence-corrected chi connectivity index (χ1v) is 9.62. The monoisotopic (exact) mass is 414 g/mol. The smallest absolute Gasteiger partial charge is 0.244 e. The maximum absolute atomic E-state index is 13.7. The van der Waals surface area contributed by atoms with Gasteiger partial charge in [0.25, 0.3) is 0 Å². The van der Waals surface area contributed by atoms with Crippen molar-refractivity contribution < 1.29 is 13.6 Å². The van der Waals surface area contributed by atoms with Crippen molar-refractivity contribution >= 4 is 33.0 Å². The first-order valence-electron chi connectivity index (χ1n) is 8.80. The van der Waals surface area contributed by atoms with Crippen molar-refractivity contribution in [2.24, 2.45) is 0 Å². The number of fused-ring (bicyclic) bond motifs is 1. The summed E-state index contributed by atoms with van der Waals surface area (Å²) in [4.78, 5) is 23.3. The predicted octanol–water partition coefficient (Wildman–Crippen LogP) is 3.60. The summed E-state index contributed by atoms with van der Waals surface area (Å²) in [5.41, 5.74) is 1.17. The van der Waals surface area contributed by atoms with E-state index in [-0.39, 0.29) is 6.54 Å². The number of amides is 1. The molecule has 10 heteroatoms. The van der Waals surface area contributed by atoms with E-state index in [1.165, 1.54) is 17.4 Å². The van der Waals surface area contributed by atoms with Crippen LogP contribution in [0.4, 0.5) is 19.6 Å². The number of rotatable bonds is 6. The summed E-state index contributed by atoms with van der Waals surface area (Å²) in [6, 6.07) is 7.16. The number of nitrogens with zero attached hydrogens (tertiary/aromatic N) is 5. The Balaban J connectivity index is 1.51. The molecule has 1 N–H and O–H groups in total. The quantitative estimate of drug-likeness (QED) is 0.522. The number of carbonyl (C=O) groups excluding carboxylic acids is 1. The number of carbonyl (C=O) groups is 1. The second-order valence-corrected chi connectivity index (χ2v) is 7.07. The molecule has 148 valence electrons. The third kappa shape index (κ3) is 3.92. The maximum Gasteiger partial charge on any atom is 0.244 e. The van der Waals surface area contributed by atoms with Crippen molar-refractivity contribution in [1.82, 2.24) is 19.6 Å². The van der Waals surface area contributed by atoms with E-state index in [1.54, 1.807) is 28.0 Å². The summed E-state index contributed by atoms with van der Waals surface area (Å²) in [7, 11) is 0. The molecule has 4 aromatic rings. The number of anilines is 2. The number of aromatic nitrogens is 4. The molecule has 0 saturated heterocycles. The van der Waals surface area contributed by atoms with Gasteiger partial charge in [-0.3, -0.25) is 9.78 Å². The fourth-order valence-electron chi connectivity index (χ4n) is 2.76. The number of hydrogen-bond donors (Lipinski definition) is 1. The number of likely N-dealkylation sites (N-methyl/N-ethyl adjacent to an activating group) is 1. The molecular formula is C19H16F2N6OS. The number of pyridine rings is 1. The molecule has 3 heterocycles. The fourth-order valence-corrected chi connectivity index (χ4v) is 3.70. The molecular weight excluding hydrogens is 398 g/mol. The van der Waals surface area contributed by atoms with Gasteiger partial charge in [0.05, 0.1) is 18.4 Å². The molecule has 1 amide bonds. The van der Waals surface area contributed by atoms with Gasteiger partial charge in [0.2, 0.25) is 16.0 Å². The van der Waals surface area contributed by atoms with Gasteiger partial charge in [-0.2, -0.15) is 0 Å². The Morgan fingerprint density at radius 2 is 2.03 bits per heavy atom. The Bertz CT molecular complexity index is 1110. The van der Waals surface area contributed by atoms with Crippen molar-refractivity contribution in [3.8, 4) is 11.3 Å². The minimum Gasteiger partial charge on any atom is -0.338 e. The number of nitrogens with one attached hydrogen (secondary N) is 1. The van der Waals surface area contributed by atoms with E-state index in [2.05, 4.69) is 20.4 Å². The summed E-state index contributed by atoms with van der Waals surface area (Å²) in [5.74, 6) is -2.19. The molecule has 0 bridgehead atoms. The molecule has 0 atom stereocenters. The van der Waals surface area contributed by atoms with E-state index in [0.717, 1.165) is 23.4 Å². The molecule has 0 fully saturated rings. The molecule has 3 aromatic heterocycles. The second kappa shape index (κ2) is 7.92. The van der Waals surface area contributed by atoms with E-state index < -0.39 is 23.2 Å². The lowest BCUT2D eigenvalue weighted by Crippen LogP contribution is -2.33. The zero-order chi connectivity index (χ0) is 20.4. The third-order valence-electron chi connectivity index (χ3n) is 4.20. The van der Waals surface area contributed by atoms with Gasteiger partial charge in [-0.25, -0.2) is 18.3 Å². The molecule has 1 aromatic carbocycles. The summed E-state index contributed by atoms with van der Waals surface area (Å²) in [6.45, 7) is 2.25. The zero-order valence-electron chi connectivity index (χ0n) is 15.3. The van der Waals surface area contributed by atoms with Crippen LogP contribution in [-0.2, 0) is 4.79 Å². The minimum atomic E-state index is -0.822. The lowest BCUT2D eigenvalue weighted by molar-refractivity contribution is -0.115. The van der Waals surface area contributed by atoms with Gasteiger partial charge in [0, 0.05) is 24.5 Å². The van der Waals surface area contributed by atoms with Crippen LogP contribution in [0.1, 0.15) is 6.92 Å². The van der Waals surface area contributed by atoms with Gasteiger partial charge in [-0.15, -0.1) is 5.10 Å². The Morgan fingerprint density at radius 3 is 2.69 bits per heavy atom. The van der Waals surface area contributed by atoms with E-state index in [4.69, 9.17) is 0 Å². The Morgan fingerprint density at radius 1 is 1.24 bits per heavy atom. The standard InChI is InChI=1S/C19H16F2N6OS/c1-2-26(11-16(28)24-17-13(20)6-3-7-14(17)21)19-25-27-10-15(23-18(27)29-19)12-5-4-8-22-9-12/h3-10H,2,11H2,1H3,(H,24,28). The van der Waals surface area contributed by atoms with Gasteiger partial charge < -0.3 is 10.2 Å². The van der Waals surface area contributed by atoms with Crippen LogP contribution < -0.4 is 10.2 Å². The van der Waals surface area contributed by atoms with Gasteiger partial charge >= 0.3 is 0 Å². The van der Waals surface area contributed by atoms with Crippen molar-refractivity contribution in [2.75, 3.05) is 23.3 Å². The van der Waals surface area contributed by atoms with Crippen LogP contribution >= 0.6 is 11.3 Å². The highest BCUT2D eigenvalue weighted by Crippen LogP contribution is 2.26. The van der Waals surface area contributed by atoms with Crippen LogP contribution in [-0.4, -0.2) is 38.6 Å². The fraction of sp³-hybridized carbons (Fsp3) is 0.158. The topological polar surface area (TPSA) is 75.4 Å². The molecule has 29 heavy (non-hydrogen) atoms. The Hall–Kier alpha value is -3.40. The van der Waals surface area contributed by atoms with Crippen molar-refractivity contribution in [3.05, 3.63) is 60.6 Å². The van der Waals surface area contributed by atoms with Crippen LogP contribution in [0.3, 0.4) is 0 Å². The molecule has 0 unspecified atom stereocenters. The normalized spacial score (nSPS) is 11.0.